The topological polar surface area (TPSA) is 59.0 Å². The van der Waals surface area contributed by atoms with Crippen molar-refractivity contribution in [2.75, 3.05) is 13.7 Å². The first-order valence-corrected chi connectivity index (χ1v) is 9.14. The van der Waals surface area contributed by atoms with Crippen LogP contribution in [0.25, 0.3) is 11.3 Å². The van der Waals surface area contributed by atoms with Crippen molar-refractivity contribution in [3.8, 4) is 11.3 Å². The van der Waals surface area contributed by atoms with Crippen LogP contribution < -0.4 is 0 Å². The Labute approximate surface area is 153 Å². The molecule has 6 nitrogen and oxygen atoms in total. The molecule has 0 aromatic carbocycles. The lowest BCUT2D eigenvalue weighted by Gasteiger charge is -2.23. The summed E-state index contributed by atoms with van der Waals surface area (Å²) in [5, 5.41) is 0. The fourth-order valence-corrected chi connectivity index (χ4v) is 3.78. The third-order valence-electron chi connectivity index (χ3n) is 5.21. The molecular formula is C20H25N5O. The Balaban J connectivity index is 1.58. The summed E-state index contributed by atoms with van der Waals surface area (Å²) >= 11 is 0. The fourth-order valence-electron chi connectivity index (χ4n) is 3.78. The summed E-state index contributed by atoms with van der Waals surface area (Å²) in [6.45, 7) is 4.98. The van der Waals surface area contributed by atoms with Gasteiger partial charge in [-0.15, -0.1) is 0 Å². The van der Waals surface area contributed by atoms with E-state index in [9.17, 15) is 0 Å². The normalized spacial score (nSPS) is 20.7. The molecule has 4 rings (SSSR count). The van der Waals surface area contributed by atoms with Crippen molar-refractivity contribution in [1.82, 2.24) is 24.4 Å². The molecule has 4 heterocycles. The molecule has 0 amide bonds. The minimum atomic E-state index is 0.227. The van der Waals surface area contributed by atoms with Crippen molar-refractivity contribution in [2.24, 2.45) is 0 Å². The molecule has 1 saturated heterocycles. The number of hydrogen-bond acceptors (Lipinski definition) is 4. The minimum Gasteiger partial charge on any atom is -0.380 e. The maximum atomic E-state index is 5.66. The summed E-state index contributed by atoms with van der Waals surface area (Å²) in [6.07, 6.45) is 8.86. The van der Waals surface area contributed by atoms with E-state index < -0.39 is 0 Å². The number of aromatic amines is 1. The molecule has 1 N–H and O–H groups in total. The highest BCUT2D eigenvalue weighted by Gasteiger charge is 2.35. The summed E-state index contributed by atoms with van der Waals surface area (Å²) in [7, 11) is 1.79. The Morgan fingerprint density at radius 2 is 2.19 bits per heavy atom. The average molecular weight is 351 g/mol. The average Bonchev–Trinajstić information content (AvgIpc) is 3.42. The van der Waals surface area contributed by atoms with E-state index >= 15 is 0 Å². The molecule has 1 aliphatic rings. The highest BCUT2D eigenvalue weighted by molar-refractivity contribution is 5.56. The van der Waals surface area contributed by atoms with E-state index in [1.165, 1.54) is 5.69 Å². The number of pyridine rings is 1. The van der Waals surface area contributed by atoms with Gasteiger partial charge in [-0.1, -0.05) is 0 Å². The van der Waals surface area contributed by atoms with Gasteiger partial charge >= 0.3 is 0 Å². The van der Waals surface area contributed by atoms with Crippen molar-refractivity contribution < 1.29 is 4.74 Å². The van der Waals surface area contributed by atoms with Gasteiger partial charge in [0.05, 0.1) is 24.0 Å². The number of nitrogens with zero attached hydrogens (tertiary/aromatic N) is 4. The van der Waals surface area contributed by atoms with Gasteiger partial charge in [-0.2, -0.15) is 0 Å². The van der Waals surface area contributed by atoms with E-state index in [0.29, 0.717) is 0 Å². The van der Waals surface area contributed by atoms with Crippen LogP contribution in [0, 0.1) is 0 Å². The van der Waals surface area contributed by atoms with E-state index in [-0.39, 0.29) is 12.1 Å². The molecule has 0 aliphatic carbocycles. The number of H-pyrrole nitrogens is 1. The molecule has 26 heavy (non-hydrogen) atoms. The van der Waals surface area contributed by atoms with Gasteiger partial charge in [-0.3, -0.25) is 9.88 Å². The maximum Gasteiger partial charge on any atom is 0.124 e. The van der Waals surface area contributed by atoms with Crippen molar-refractivity contribution in [1.29, 1.82) is 0 Å². The van der Waals surface area contributed by atoms with Crippen LogP contribution in [-0.2, 0) is 17.8 Å². The summed E-state index contributed by atoms with van der Waals surface area (Å²) in [5.41, 5.74) is 3.39. The van der Waals surface area contributed by atoms with E-state index in [1.807, 2.05) is 24.5 Å². The van der Waals surface area contributed by atoms with Crippen molar-refractivity contribution >= 4 is 0 Å². The third kappa shape index (κ3) is 3.30. The fraction of sp³-hybridized carbons (Fsp3) is 0.400. The van der Waals surface area contributed by atoms with Gasteiger partial charge in [-0.25, -0.2) is 4.98 Å². The monoisotopic (exact) mass is 351 g/mol. The molecule has 6 heteroatoms. The highest BCUT2D eigenvalue weighted by Crippen LogP contribution is 2.34. The lowest BCUT2D eigenvalue weighted by molar-refractivity contribution is 0.107. The zero-order valence-electron chi connectivity index (χ0n) is 15.3. The first-order valence-electron chi connectivity index (χ1n) is 9.14. The zero-order valence-corrected chi connectivity index (χ0v) is 15.3. The summed E-state index contributed by atoms with van der Waals surface area (Å²) in [4.78, 5) is 14.8. The van der Waals surface area contributed by atoms with Crippen molar-refractivity contribution in [3.05, 3.63) is 60.6 Å². The second-order valence-corrected chi connectivity index (χ2v) is 6.75. The Morgan fingerprint density at radius 3 is 2.96 bits per heavy atom. The first kappa shape index (κ1) is 17.0. The maximum absolute atomic E-state index is 5.66. The van der Waals surface area contributed by atoms with Crippen LogP contribution in [0.3, 0.4) is 0 Å². The predicted molar refractivity (Wildman–Crippen MR) is 100 cm³/mol. The van der Waals surface area contributed by atoms with Crippen LogP contribution >= 0.6 is 0 Å². The smallest absolute Gasteiger partial charge is 0.124 e. The second-order valence-electron chi connectivity index (χ2n) is 6.75. The molecule has 1 aliphatic heterocycles. The number of likely N-dealkylation sites (tertiary alicyclic amines) is 1. The van der Waals surface area contributed by atoms with Gasteiger partial charge in [-0.05, 0) is 37.6 Å². The predicted octanol–water partition coefficient (Wildman–Crippen LogP) is 3.26. The molecule has 0 spiro atoms. The van der Waals surface area contributed by atoms with Crippen molar-refractivity contribution in [3.63, 3.8) is 0 Å². The highest BCUT2D eigenvalue weighted by atomic mass is 16.5. The van der Waals surface area contributed by atoms with Crippen LogP contribution in [0.1, 0.15) is 30.9 Å². The molecule has 3 aromatic rings. The quantitative estimate of drug-likeness (QED) is 0.741. The summed E-state index contributed by atoms with van der Waals surface area (Å²) in [6, 6.07) is 8.53. The Morgan fingerprint density at radius 1 is 1.27 bits per heavy atom. The number of nitrogens with one attached hydrogen (secondary N) is 1. The SMILES string of the molecule is CCn1cccc1CN1C[C@H](OC)C[C@H]1c1ncc(-c2cccnc2)[nH]1. The van der Waals surface area contributed by atoms with Gasteiger partial charge < -0.3 is 14.3 Å². The lowest BCUT2D eigenvalue weighted by Crippen LogP contribution is -2.26. The summed E-state index contributed by atoms with van der Waals surface area (Å²) < 4.78 is 7.95. The zero-order chi connectivity index (χ0) is 17.9. The Hall–Kier alpha value is -2.44. The molecule has 0 radical (unpaired) electrons. The molecule has 1 fully saturated rings. The standard InChI is InChI=1S/C20H25N5O/c1-3-24-9-5-7-16(24)13-25-14-17(26-2)10-19(25)20-22-12-18(23-20)15-6-4-8-21-11-15/h4-9,11-12,17,19H,3,10,13-14H2,1-2H3,(H,22,23)/t17-,19+/m1/s1. The van der Waals surface area contributed by atoms with Crippen LogP contribution in [0.5, 0.6) is 0 Å². The van der Waals surface area contributed by atoms with Crippen LogP contribution in [0.15, 0.2) is 49.1 Å². The van der Waals surface area contributed by atoms with Gasteiger partial charge in [0, 0.05) is 56.6 Å². The lowest BCUT2D eigenvalue weighted by atomic mass is 10.2. The molecule has 0 bridgehead atoms. The number of ether oxygens (including phenoxy) is 1. The minimum absolute atomic E-state index is 0.227. The van der Waals surface area contributed by atoms with Gasteiger partial charge in [0.25, 0.3) is 0 Å². The molecule has 0 saturated carbocycles. The largest absolute Gasteiger partial charge is 0.380 e. The van der Waals surface area contributed by atoms with E-state index in [2.05, 4.69) is 49.7 Å². The third-order valence-corrected chi connectivity index (χ3v) is 5.21. The second kappa shape index (κ2) is 7.43. The van der Waals surface area contributed by atoms with Crippen LogP contribution in [0.4, 0.5) is 0 Å². The number of imidazole rings is 1. The number of aromatic nitrogens is 4. The summed E-state index contributed by atoms with van der Waals surface area (Å²) in [5.74, 6) is 0.998. The van der Waals surface area contributed by atoms with Crippen molar-refractivity contribution in [2.45, 2.75) is 38.6 Å². The Kier molecular flexibility index (Phi) is 4.86. The van der Waals surface area contributed by atoms with E-state index in [1.54, 1.807) is 13.3 Å². The van der Waals surface area contributed by atoms with Gasteiger partial charge in [0.2, 0.25) is 0 Å². The van der Waals surface area contributed by atoms with Crippen LogP contribution in [0.2, 0.25) is 0 Å². The molecule has 0 unspecified atom stereocenters. The first-order chi connectivity index (χ1) is 12.8. The molecule has 136 valence electrons. The Bertz CT molecular complexity index is 841. The molecule has 2 atom stereocenters. The number of aryl methyl sites for hydroxylation is 1. The molecule has 3 aromatic heterocycles. The number of rotatable bonds is 6. The number of hydrogen-bond donors (Lipinski definition) is 1. The van der Waals surface area contributed by atoms with E-state index in [0.717, 1.165) is 43.1 Å². The van der Waals surface area contributed by atoms with Crippen LogP contribution in [-0.4, -0.2) is 44.2 Å². The van der Waals surface area contributed by atoms with Gasteiger partial charge in [0.1, 0.15) is 5.82 Å². The van der Waals surface area contributed by atoms with Gasteiger partial charge in [0.15, 0.2) is 0 Å². The molecular weight excluding hydrogens is 326 g/mol. The number of methoxy groups -OCH3 is 1. The van der Waals surface area contributed by atoms with E-state index in [4.69, 9.17) is 4.74 Å².